The van der Waals surface area contributed by atoms with Crippen molar-refractivity contribution >= 4 is 22.5 Å². The summed E-state index contributed by atoms with van der Waals surface area (Å²) in [4.78, 5) is 22.3. The van der Waals surface area contributed by atoms with Gasteiger partial charge in [0, 0.05) is 12.3 Å². The van der Waals surface area contributed by atoms with E-state index in [2.05, 4.69) is 0 Å². The molecule has 0 fully saturated rings. The first-order chi connectivity index (χ1) is 9.08. The van der Waals surface area contributed by atoms with Gasteiger partial charge in [0.15, 0.2) is 0 Å². The molecular weight excluding hydrogens is 240 g/mol. The van der Waals surface area contributed by atoms with E-state index in [1.54, 1.807) is 0 Å². The number of carboxylic acid groups (broad SMARTS) is 1. The molecule has 2 aromatic carbocycles. The summed E-state index contributed by atoms with van der Waals surface area (Å²) < 4.78 is 0. The molecule has 98 valence electrons. The molecular formula is C16H16O3. The quantitative estimate of drug-likeness (QED) is 0.892. The van der Waals surface area contributed by atoms with Gasteiger partial charge in [-0.3, -0.25) is 4.79 Å². The van der Waals surface area contributed by atoms with Crippen LogP contribution in [0.1, 0.15) is 31.2 Å². The lowest BCUT2D eigenvalue weighted by Gasteiger charge is -2.16. The molecule has 0 aromatic heterocycles. The highest BCUT2D eigenvalue weighted by atomic mass is 16.4. The third kappa shape index (κ3) is 3.19. The number of fused-ring (bicyclic) bond motifs is 1. The van der Waals surface area contributed by atoms with Crippen LogP contribution in [0.2, 0.25) is 0 Å². The number of Topliss-reactive ketones (excluding diaryl/α,β-unsaturated/α-hetero) is 1. The van der Waals surface area contributed by atoms with Gasteiger partial charge in [0.25, 0.3) is 0 Å². The van der Waals surface area contributed by atoms with Crippen LogP contribution in [-0.4, -0.2) is 16.9 Å². The van der Waals surface area contributed by atoms with Gasteiger partial charge in [-0.25, -0.2) is 0 Å². The predicted octanol–water partition coefficient (Wildman–Crippen LogP) is 3.38. The number of benzene rings is 2. The van der Waals surface area contributed by atoms with Gasteiger partial charge >= 0.3 is 5.97 Å². The van der Waals surface area contributed by atoms with Gasteiger partial charge < -0.3 is 9.90 Å². The van der Waals surface area contributed by atoms with E-state index in [-0.39, 0.29) is 24.5 Å². The van der Waals surface area contributed by atoms with E-state index in [0.29, 0.717) is 0 Å². The topological polar surface area (TPSA) is 54.4 Å². The van der Waals surface area contributed by atoms with Gasteiger partial charge in [-0.15, -0.1) is 0 Å². The summed E-state index contributed by atoms with van der Waals surface area (Å²) in [6.45, 7) is 1.50. The van der Waals surface area contributed by atoms with Crippen molar-refractivity contribution in [1.29, 1.82) is 0 Å². The molecule has 3 heteroatoms. The molecule has 19 heavy (non-hydrogen) atoms. The van der Waals surface area contributed by atoms with Crippen molar-refractivity contribution in [2.24, 2.45) is 0 Å². The fraction of sp³-hybridized carbons (Fsp3) is 0.250. The summed E-state index contributed by atoms with van der Waals surface area (Å²) in [5.74, 6) is -1.13. The van der Waals surface area contributed by atoms with E-state index in [1.807, 2.05) is 42.5 Å². The van der Waals surface area contributed by atoms with Gasteiger partial charge in [0.1, 0.15) is 5.78 Å². The van der Waals surface area contributed by atoms with E-state index in [1.165, 1.54) is 6.92 Å². The second kappa shape index (κ2) is 5.65. The minimum Gasteiger partial charge on any atom is -0.481 e. The SMILES string of the molecule is CC(=O)CC(CC(=O)O)c1cccc2ccccc12. The van der Waals surface area contributed by atoms with Crippen molar-refractivity contribution < 1.29 is 14.7 Å². The summed E-state index contributed by atoms with van der Waals surface area (Å²) >= 11 is 0. The molecule has 0 aliphatic carbocycles. The van der Waals surface area contributed by atoms with Gasteiger partial charge in [0.05, 0.1) is 6.42 Å². The molecule has 0 bridgehead atoms. The number of hydrogen-bond donors (Lipinski definition) is 1. The second-order valence-electron chi connectivity index (χ2n) is 4.77. The summed E-state index contributed by atoms with van der Waals surface area (Å²) in [7, 11) is 0. The smallest absolute Gasteiger partial charge is 0.303 e. The van der Waals surface area contributed by atoms with Crippen LogP contribution in [0, 0.1) is 0 Å². The van der Waals surface area contributed by atoms with Crippen molar-refractivity contribution in [2.45, 2.75) is 25.7 Å². The third-order valence-electron chi connectivity index (χ3n) is 3.22. The van der Waals surface area contributed by atoms with E-state index in [4.69, 9.17) is 5.11 Å². The van der Waals surface area contributed by atoms with Gasteiger partial charge in [0.2, 0.25) is 0 Å². The molecule has 1 N–H and O–H groups in total. The van der Waals surface area contributed by atoms with Crippen LogP contribution in [-0.2, 0) is 9.59 Å². The molecule has 0 aliphatic rings. The maximum absolute atomic E-state index is 11.4. The van der Waals surface area contributed by atoms with Gasteiger partial charge in [-0.1, -0.05) is 42.5 Å². The number of carboxylic acids is 1. The molecule has 0 saturated carbocycles. The molecule has 0 amide bonds. The van der Waals surface area contributed by atoms with E-state index in [0.717, 1.165) is 16.3 Å². The van der Waals surface area contributed by atoms with E-state index < -0.39 is 5.97 Å². The Hall–Kier alpha value is -2.16. The normalized spacial score (nSPS) is 12.3. The number of aliphatic carboxylic acids is 1. The molecule has 0 spiro atoms. The first kappa shape index (κ1) is 13.3. The van der Waals surface area contributed by atoms with E-state index in [9.17, 15) is 9.59 Å². The summed E-state index contributed by atoms with van der Waals surface area (Å²) in [6.07, 6.45) is 0.244. The molecule has 0 aliphatic heterocycles. The number of rotatable bonds is 5. The van der Waals surface area contributed by atoms with E-state index >= 15 is 0 Å². The van der Waals surface area contributed by atoms with Crippen LogP contribution in [0.5, 0.6) is 0 Å². The Labute approximate surface area is 111 Å². The summed E-state index contributed by atoms with van der Waals surface area (Å²) in [6, 6.07) is 13.7. The van der Waals surface area contributed by atoms with Crippen molar-refractivity contribution in [2.75, 3.05) is 0 Å². The maximum Gasteiger partial charge on any atom is 0.303 e. The van der Waals surface area contributed by atoms with Crippen molar-refractivity contribution in [3.63, 3.8) is 0 Å². The summed E-state index contributed by atoms with van der Waals surface area (Å²) in [5, 5.41) is 11.1. The molecule has 2 rings (SSSR count). The molecule has 0 radical (unpaired) electrons. The average Bonchev–Trinajstić information content (AvgIpc) is 2.36. The van der Waals surface area contributed by atoms with Crippen LogP contribution in [0.4, 0.5) is 0 Å². The zero-order valence-electron chi connectivity index (χ0n) is 10.8. The first-order valence-corrected chi connectivity index (χ1v) is 6.27. The Balaban J connectivity index is 2.48. The molecule has 2 aromatic rings. The standard InChI is InChI=1S/C16H16O3/c1-11(17)9-13(10-16(18)19)15-8-4-6-12-5-2-3-7-14(12)15/h2-8,13H,9-10H2,1H3,(H,18,19). The van der Waals surface area contributed by atoms with Crippen LogP contribution in [0.15, 0.2) is 42.5 Å². The van der Waals surface area contributed by atoms with Crippen LogP contribution >= 0.6 is 0 Å². The predicted molar refractivity (Wildman–Crippen MR) is 74.2 cm³/mol. The third-order valence-corrected chi connectivity index (χ3v) is 3.22. The Morgan fingerprint density at radius 3 is 2.42 bits per heavy atom. The number of carbonyl (C=O) groups is 2. The van der Waals surface area contributed by atoms with Crippen LogP contribution in [0.25, 0.3) is 10.8 Å². The Bertz CT molecular complexity index is 595. The average molecular weight is 256 g/mol. The lowest BCUT2D eigenvalue weighted by Crippen LogP contribution is -2.10. The van der Waals surface area contributed by atoms with Crippen LogP contribution in [0.3, 0.4) is 0 Å². The Kier molecular flexibility index (Phi) is 3.95. The lowest BCUT2D eigenvalue weighted by molar-refractivity contribution is -0.137. The van der Waals surface area contributed by atoms with Gasteiger partial charge in [-0.05, 0) is 23.3 Å². The minimum absolute atomic E-state index is 0.0131. The van der Waals surface area contributed by atoms with Crippen LogP contribution < -0.4 is 0 Å². The minimum atomic E-state index is -0.876. The largest absolute Gasteiger partial charge is 0.481 e. The molecule has 3 nitrogen and oxygen atoms in total. The number of carbonyl (C=O) groups excluding carboxylic acids is 1. The van der Waals surface area contributed by atoms with Gasteiger partial charge in [-0.2, -0.15) is 0 Å². The highest BCUT2D eigenvalue weighted by Gasteiger charge is 2.19. The molecule has 1 unspecified atom stereocenters. The summed E-state index contributed by atoms with van der Waals surface area (Å²) in [5.41, 5.74) is 0.940. The maximum atomic E-state index is 11.4. The molecule has 0 saturated heterocycles. The monoisotopic (exact) mass is 256 g/mol. The Morgan fingerprint density at radius 1 is 1.05 bits per heavy atom. The lowest BCUT2D eigenvalue weighted by atomic mass is 9.87. The molecule has 0 heterocycles. The number of ketones is 1. The fourth-order valence-electron chi connectivity index (χ4n) is 2.46. The first-order valence-electron chi connectivity index (χ1n) is 6.27. The highest BCUT2D eigenvalue weighted by Crippen LogP contribution is 2.30. The highest BCUT2D eigenvalue weighted by molar-refractivity contribution is 5.88. The van der Waals surface area contributed by atoms with Crippen molar-refractivity contribution in [3.05, 3.63) is 48.0 Å². The zero-order valence-corrected chi connectivity index (χ0v) is 10.8. The zero-order chi connectivity index (χ0) is 13.8. The molecule has 1 atom stereocenters. The second-order valence-corrected chi connectivity index (χ2v) is 4.77. The fourth-order valence-corrected chi connectivity index (χ4v) is 2.46. The Morgan fingerprint density at radius 2 is 1.74 bits per heavy atom. The number of hydrogen-bond acceptors (Lipinski definition) is 2. The van der Waals surface area contributed by atoms with Crippen molar-refractivity contribution in [3.8, 4) is 0 Å². The van der Waals surface area contributed by atoms with Crippen molar-refractivity contribution in [1.82, 2.24) is 0 Å².